The second-order valence-electron chi connectivity index (χ2n) is 5.23. The molecule has 0 aliphatic heterocycles. The molecule has 1 heterocycles. The van der Waals surface area contributed by atoms with Crippen LogP contribution in [0.3, 0.4) is 0 Å². The normalized spacial score (nSPS) is 10.9. The fourth-order valence-electron chi connectivity index (χ4n) is 2.40. The van der Waals surface area contributed by atoms with Gasteiger partial charge in [-0.1, -0.05) is 41.9 Å². The van der Waals surface area contributed by atoms with Gasteiger partial charge in [0, 0.05) is 16.3 Å². The maximum atomic E-state index is 12.6. The number of amides is 1. The Morgan fingerprint density at radius 3 is 2.60 bits per heavy atom. The highest BCUT2D eigenvalue weighted by Gasteiger charge is 2.19. The summed E-state index contributed by atoms with van der Waals surface area (Å²) in [6.07, 6.45) is -3.08. The highest BCUT2D eigenvalue weighted by atomic mass is 35.5. The summed E-state index contributed by atoms with van der Waals surface area (Å²) in [5.74, 6) is -0.445. The lowest BCUT2D eigenvalue weighted by atomic mass is 10.0. The van der Waals surface area contributed by atoms with Gasteiger partial charge in [-0.2, -0.15) is 0 Å². The number of hydrogen-bond donors (Lipinski definition) is 1. The molecular weight excluding hydrogens is 366 g/mol. The Bertz CT molecular complexity index is 881. The van der Waals surface area contributed by atoms with Crippen molar-refractivity contribution in [2.75, 3.05) is 5.32 Å². The highest BCUT2D eigenvalue weighted by Crippen LogP contribution is 2.29. The molecule has 1 aromatic heterocycles. The minimum atomic E-state index is -2.55. The maximum absolute atomic E-state index is 12.6. The van der Waals surface area contributed by atoms with Crippen molar-refractivity contribution < 1.29 is 13.6 Å². The highest BCUT2D eigenvalue weighted by molar-refractivity contribution is 7.12. The molecule has 0 unspecified atom stereocenters. The fourth-order valence-corrected chi connectivity index (χ4v) is 3.24. The van der Waals surface area contributed by atoms with E-state index in [9.17, 15) is 13.6 Å². The van der Waals surface area contributed by atoms with Crippen LogP contribution in [0.1, 0.15) is 15.4 Å². The Morgan fingerprint density at radius 1 is 1.16 bits per heavy atom. The van der Waals surface area contributed by atoms with E-state index in [4.69, 9.17) is 11.6 Å². The number of nitrogens with one attached hydrogen (secondary N) is 1. The quantitative estimate of drug-likeness (QED) is 0.634. The van der Waals surface area contributed by atoms with Crippen molar-refractivity contribution in [2.24, 2.45) is 0 Å². The molecule has 1 N–H and O–H groups in total. The summed E-state index contributed by atoms with van der Waals surface area (Å²) in [7, 11) is 0. The molecule has 0 saturated heterocycles. The molecule has 3 nitrogen and oxygen atoms in total. The second-order valence-corrected chi connectivity index (χ2v) is 6.52. The fraction of sp³-hybridized carbons (Fsp3) is 0.111. The first kappa shape index (κ1) is 17.5. The van der Waals surface area contributed by atoms with Crippen molar-refractivity contribution in [1.29, 1.82) is 0 Å². The van der Waals surface area contributed by atoms with Crippen molar-refractivity contribution in [3.8, 4) is 11.1 Å². The number of carbonyl (C=O) groups is 1. The van der Waals surface area contributed by atoms with Gasteiger partial charge in [-0.25, -0.2) is 13.8 Å². The lowest BCUT2D eigenvalue weighted by molar-refractivity contribution is 0.102. The number of thiazole rings is 1. The number of hydrogen-bond acceptors (Lipinski definition) is 3. The van der Waals surface area contributed by atoms with E-state index in [1.54, 1.807) is 24.3 Å². The van der Waals surface area contributed by atoms with Crippen LogP contribution in [-0.4, -0.2) is 17.3 Å². The van der Waals surface area contributed by atoms with Crippen LogP contribution in [0, 0.1) is 0 Å². The minimum Gasteiger partial charge on any atom is -0.321 e. The van der Waals surface area contributed by atoms with E-state index in [0.29, 0.717) is 10.7 Å². The Hall–Kier alpha value is -2.31. The molecule has 0 spiro atoms. The number of anilines is 1. The topological polar surface area (TPSA) is 42.0 Å². The van der Waals surface area contributed by atoms with Gasteiger partial charge in [0.25, 0.3) is 5.91 Å². The van der Waals surface area contributed by atoms with Crippen molar-refractivity contribution in [2.45, 2.75) is 12.8 Å². The number of aromatic nitrogens is 1. The van der Waals surface area contributed by atoms with Gasteiger partial charge in [-0.05, 0) is 23.8 Å². The van der Waals surface area contributed by atoms with Gasteiger partial charge < -0.3 is 5.32 Å². The van der Waals surface area contributed by atoms with Crippen LogP contribution in [0.5, 0.6) is 0 Å². The summed E-state index contributed by atoms with van der Waals surface area (Å²) in [4.78, 5) is 16.6. The van der Waals surface area contributed by atoms with Crippen LogP contribution < -0.4 is 5.32 Å². The molecule has 0 aliphatic carbocycles. The zero-order chi connectivity index (χ0) is 17.8. The van der Waals surface area contributed by atoms with Crippen molar-refractivity contribution in [3.63, 3.8) is 0 Å². The standard InChI is InChI=1S/C18H13ClF2N2OS/c19-12-7-5-11(6-8-12)13-3-1-2-4-14(13)23-18(24)17-15(9-16(20)21)22-10-25-17/h1-8,10,16H,9H2,(H,23,24). The Labute approximate surface area is 152 Å². The molecule has 3 aromatic rings. The number of rotatable bonds is 5. The van der Waals surface area contributed by atoms with Gasteiger partial charge in [0.15, 0.2) is 0 Å². The van der Waals surface area contributed by atoms with Crippen molar-refractivity contribution in [3.05, 3.63) is 69.6 Å². The summed E-state index contributed by atoms with van der Waals surface area (Å²) in [5.41, 5.74) is 3.80. The third kappa shape index (κ3) is 4.21. The predicted octanol–water partition coefficient (Wildman–Crippen LogP) is 5.52. The number of nitrogens with zero attached hydrogens (tertiary/aromatic N) is 1. The summed E-state index contributed by atoms with van der Waals surface area (Å²) in [6, 6.07) is 14.5. The number of carbonyl (C=O) groups excluding carboxylic acids is 1. The minimum absolute atomic E-state index is 0.112. The molecule has 128 valence electrons. The molecule has 0 fully saturated rings. The first-order valence-electron chi connectivity index (χ1n) is 7.41. The summed E-state index contributed by atoms with van der Waals surface area (Å²) in [5, 5.41) is 3.41. The SMILES string of the molecule is O=C(Nc1ccccc1-c1ccc(Cl)cc1)c1scnc1CC(F)F. The molecule has 0 aliphatic rings. The third-order valence-electron chi connectivity index (χ3n) is 3.53. The summed E-state index contributed by atoms with van der Waals surface area (Å²) >= 11 is 6.96. The van der Waals surface area contributed by atoms with Gasteiger partial charge in [-0.3, -0.25) is 4.79 Å². The van der Waals surface area contributed by atoms with E-state index < -0.39 is 18.8 Å². The van der Waals surface area contributed by atoms with Gasteiger partial charge in [0.1, 0.15) is 4.88 Å². The van der Waals surface area contributed by atoms with E-state index in [1.807, 2.05) is 24.3 Å². The lowest BCUT2D eigenvalue weighted by Crippen LogP contribution is -2.14. The Morgan fingerprint density at radius 2 is 1.88 bits per heavy atom. The largest absolute Gasteiger partial charge is 0.321 e. The average Bonchev–Trinajstić information content (AvgIpc) is 3.04. The third-order valence-corrected chi connectivity index (χ3v) is 4.65. The second kappa shape index (κ2) is 7.72. The summed E-state index contributed by atoms with van der Waals surface area (Å²) < 4.78 is 25.2. The van der Waals surface area contributed by atoms with E-state index in [-0.39, 0.29) is 10.6 Å². The molecule has 0 saturated carbocycles. The van der Waals surface area contributed by atoms with Gasteiger partial charge >= 0.3 is 0 Å². The number of para-hydroxylation sites is 1. The maximum Gasteiger partial charge on any atom is 0.267 e. The number of benzene rings is 2. The predicted molar refractivity (Wildman–Crippen MR) is 96.7 cm³/mol. The molecule has 25 heavy (non-hydrogen) atoms. The van der Waals surface area contributed by atoms with Crippen LogP contribution >= 0.6 is 22.9 Å². The molecule has 7 heteroatoms. The average molecular weight is 379 g/mol. The molecule has 1 amide bonds. The van der Waals surface area contributed by atoms with Crippen LogP contribution in [0.2, 0.25) is 5.02 Å². The van der Waals surface area contributed by atoms with Gasteiger partial charge in [-0.15, -0.1) is 11.3 Å². The van der Waals surface area contributed by atoms with Crippen molar-refractivity contribution in [1.82, 2.24) is 4.98 Å². The molecule has 0 atom stereocenters. The van der Waals surface area contributed by atoms with Crippen LogP contribution in [-0.2, 0) is 6.42 Å². The Balaban J connectivity index is 1.88. The Kier molecular flexibility index (Phi) is 5.40. The number of halogens is 3. The van der Waals surface area contributed by atoms with E-state index in [0.717, 1.165) is 22.5 Å². The monoisotopic (exact) mass is 378 g/mol. The zero-order valence-electron chi connectivity index (χ0n) is 12.9. The molecule has 3 rings (SSSR count). The molecule has 2 aromatic carbocycles. The zero-order valence-corrected chi connectivity index (χ0v) is 14.5. The van der Waals surface area contributed by atoms with Crippen LogP contribution in [0.25, 0.3) is 11.1 Å². The van der Waals surface area contributed by atoms with E-state index in [1.165, 1.54) is 5.51 Å². The summed E-state index contributed by atoms with van der Waals surface area (Å²) in [6.45, 7) is 0. The lowest BCUT2D eigenvalue weighted by Gasteiger charge is -2.11. The smallest absolute Gasteiger partial charge is 0.267 e. The van der Waals surface area contributed by atoms with Gasteiger partial charge in [0.05, 0.1) is 17.6 Å². The first-order chi connectivity index (χ1) is 12.0. The van der Waals surface area contributed by atoms with Crippen molar-refractivity contribution >= 4 is 34.5 Å². The van der Waals surface area contributed by atoms with Gasteiger partial charge in [0.2, 0.25) is 6.43 Å². The molecule has 0 radical (unpaired) electrons. The number of alkyl halides is 2. The van der Waals surface area contributed by atoms with E-state index >= 15 is 0 Å². The molecule has 0 bridgehead atoms. The van der Waals surface area contributed by atoms with Crippen LogP contribution in [0.4, 0.5) is 14.5 Å². The molecular formula is C18H13ClF2N2OS. The first-order valence-corrected chi connectivity index (χ1v) is 8.67. The van der Waals surface area contributed by atoms with E-state index in [2.05, 4.69) is 10.3 Å². The van der Waals surface area contributed by atoms with Crippen LogP contribution in [0.15, 0.2) is 54.0 Å².